The van der Waals surface area contributed by atoms with E-state index in [1.54, 1.807) is 30.1 Å². The van der Waals surface area contributed by atoms with Crippen LogP contribution in [0.4, 0.5) is 13.2 Å². The molecule has 3 aromatic heterocycles. The Morgan fingerprint density at radius 3 is 2.58 bits per heavy atom. The number of fused-ring (bicyclic) bond motifs is 4. The zero-order valence-electron chi connectivity index (χ0n) is 19.4. The van der Waals surface area contributed by atoms with E-state index >= 15 is 0 Å². The van der Waals surface area contributed by atoms with E-state index in [1.807, 2.05) is 0 Å². The molecule has 4 aromatic rings. The first kappa shape index (κ1) is 22.6. The summed E-state index contributed by atoms with van der Waals surface area (Å²) < 4.78 is 43.2. The summed E-state index contributed by atoms with van der Waals surface area (Å²) in [7, 11) is 1.71. The van der Waals surface area contributed by atoms with Crippen molar-refractivity contribution < 1.29 is 18.0 Å². The topological polar surface area (TPSA) is 81.7 Å². The third-order valence-electron chi connectivity index (χ3n) is 7.08. The molecule has 8 nitrogen and oxygen atoms in total. The van der Waals surface area contributed by atoms with Gasteiger partial charge >= 0.3 is 0 Å². The van der Waals surface area contributed by atoms with Crippen LogP contribution in [0.25, 0.3) is 16.9 Å². The van der Waals surface area contributed by atoms with Crippen LogP contribution in [0, 0.1) is 17.5 Å². The monoisotopic (exact) mass is 493 g/mol. The first-order valence-corrected chi connectivity index (χ1v) is 11.7. The Labute approximate surface area is 204 Å². The first-order chi connectivity index (χ1) is 17.4. The summed E-state index contributed by atoms with van der Waals surface area (Å²) in [6, 6.07) is 5.42. The Morgan fingerprint density at radius 2 is 1.83 bits per heavy atom. The van der Waals surface area contributed by atoms with Crippen molar-refractivity contribution in [1.82, 2.24) is 34.7 Å². The van der Waals surface area contributed by atoms with Gasteiger partial charge in [0.25, 0.3) is 0 Å². The lowest BCUT2D eigenvalue weighted by Gasteiger charge is -2.45. The molecule has 2 bridgehead atoms. The molecule has 2 aliphatic rings. The maximum Gasteiger partial charge on any atom is 0.197 e. The van der Waals surface area contributed by atoms with Gasteiger partial charge in [-0.05, 0) is 49.9 Å². The lowest BCUT2D eigenvalue weighted by Crippen LogP contribution is -2.49. The lowest BCUT2D eigenvalue weighted by molar-refractivity contribution is 0.0559. The van der Waals surface area contributed by atoms with Gasteiger partial charge in [0.05, 0.1) is 36.4 Å². The average Bonchev–Trinajstić information content (AvgIpc) is 3.50. The van der Waals surface area contributed by atoms with E-state index in [0.29, 0.717) is 17.8 Å². The maximum atomic E-state index is 14.0. The highest BCUT2D eigenvalue weighted by atomic mass is 19.2. The number of benzene rings is 1. The fourth-order valence-corrected chi connectivity index (χ4v) is 5.59. The predicted octanol–water partition coefficient (Wildman–Crippen LogP) is 3.81. The predicted molar refractivity (Wildman–Crippen MR) is 123 cm³/mol. The highest BCUT2D eigenvalue weighted by molar-refractivity contribution is 5.99. The van der Waals surface area contributed by atoms with Crippen molar-refractivity contribution in [2.45, 2.75) is 37.8 Å². The Morgan fingerprint density at radius 1 is 1.08 bits per heavy atom. The quantitative estimate of drug-likeness (QED) is 0.311. The molecule has 0 N–H and O–H groups in total. The lowest BCUT2D eigenvalue weighted by atomic mass is 9.81. The number of piperidine rings is 1. The molecule has 184 valence electrons. The van der Waals surface area contributed by atoms with Crippen molar-refractivity contribution in [3.8, 4) is 16.9 Å². The second-order valence-electron chi connectivity index (χ2n) is 9.18. The van der Waals surface area contributed by atoms with E-state index in [0.717, 1.165) is 42.7 Å². The Hall–Kier alpha value is -3.86. The number of rotatable bonds is 5. The van der Waals surface area contributed by atoms with Crippen LogP contribution in [0.1, 0.15) is 47.1 Å². The number of nitrogens with zero attached hydrogens (tertiary/aromatic N) is 7. The van der Waals surface area contributed by atoms with Crippen LogP contribution in [0.5, 0.6) is 0 Å². The van der Waals surface area contributed by atoms with Gasteiger partial charge in [0, 0.05) is 30.4 Å². The van der Waals surface area contributed by atoms with Gasteiger partial charge in [-0.2, -0.15) is 15.3 Å². The van der Waals surface area contributed by atoms with Crippen molar-refractivity contribution in [3.05, 3.63) is 77.3 Å². The Balaban J connectivity index is 1.35. The zero-order valence-corrected chi connectivity index (χ0v) is 19.4. The summed E-state index contributed by atoms with van der Waals surface area (Å²) in [4.78, 5) is 21.3. The third-order valence-corrected chi connectivity index (χ3v) is 7.08. The molecule has 36 heavy (non-hydrogen) atoms. The second-order valence-corrected chi connectivity index (χ2v) is 9.18. The normalized spacial score (nSPS) is 19.3. The van der Waals surface area contributed by atoms with Gasteiger partial charge in [-0.15, -0.1) is 4.80 Å². The Kier molecular flexibility index (Phi) is 5.44. The number of pyridine rings is 1. The third kappa shape index (κ3) is 3.62. The molecule has 0 saturated carbocycles. The Bertz CT molecular complexity index is 1440. The van der Waals surface area contributed by atoms with Gasteiger partial charge in [0.2, 0.25) is 0 Å². The van der Waals surface area contributed by atoms with Crippen LogP contribution in [-0.4, -0.2) is 53.0 Å². The fraction of sp³-hybridized carbons (Fsp3) is 0.320. The number of carbonyl (C=O) groups is 1. The number of aromatic nitrogens is 6. The van der Waals surface area contributed by atoms with Gasteiger partial charge in [0.1, 0.15) is 11.4 Å². The molecule has 2 atom stereocenters. The minimum absolute atomic E-state index is 0.0493. The number of aryl methyl sites for hydroxylation is 1. The SMILES string of the molecule is Cn1nc2c(c1-c1cc(F)c(F)c(F)c1)C[C@@H]1CCC[C@H]2N1CC(=O)c1ncccc1-n1nccn1. The molecule has 0 radical (unpaired) electrons. The van der Waals surface area contributed by atoms with E-state index < -0.39 is 17.5 Å². The number of Topliss-reactive ketones (excluding diaryl/α,β-unsaturated/α-hetero) is 1. The van der Waals surface area contributed by atoms with E-state index in [4.69, 9.17) is 5.10 Å². The summed E-state index contributed by atoms with van der Waals surface area (Å²) in [6.07, 6.45) is 7.87. The summed E-state index contributed by atoms with van der Waals surface area (Å²) in [6.45, 7) is 0.145. The number of halogens is 3. The fourth-order valence-electron chi connectivity index (χ4n) is 5.59. The molecule has 0 spiro atoms. The van der Waals surface area contributed by atoms with Gasteiger partial charge in [-0.1, -0.05) is 0 Å². The molecule has 0 unspecified atom stereocenters. The smallest absolute Gasteiger partial charge is 0.197 e. The molecule has 1 aromatic carbocycles. The number of hydrogen-bond acceptors (Lipinski definition) is 6. The number of ketones is 1. The molecule has 6 rings (SSSR count). The average molecular weight is 493 g/mol. The van der Waals surface area contributed by atoms with E-state index in [-0.39, 0.29) is 35.7 Å². The minimum atomic E-state index is -1.49. The highest BCUT2D eigenvalue weighted by Gasteiger charge is 2.42. The van der Waals surface area contributed by atoms with Gasteiger partial charge in [0.15, 0.2) is 23.2 Å². The molecule has 0 aliphatic carbocycles. The summed E-state index contributed by atoms with van der Waals surface area (Å²) in [5, 5.41) is 13.0. The summed E-state index contributed by atoms with van der Waals surface area (Å²) in [5.74, 6) is -4.11. The van der Waals surface area contributed by atoms with Crippen molar-refractivity contribution in [3.63, 3.8) is 0 Å². The summed E-state index contributed by atoms with van der Waals surface area (Å²) >= 11 is 0. The van der Waals surface area contributed by atoms with E-state index in [9.17, 15) is 18.0 Å². The molecule has 1 fully saturated rings. The number of hydrogen-bond donors (Lipinski definition) is 0. The van der Waals surface area contributed by atoms with Crippen molar-refractivity contribution in [2.75, 3.05) is 6.54 Å². The van der Waals surface area contributed by atoms with Crippen LogP contribution in [-0.2, 0) is 13.5 Å². The largest absolute Gasteiger partial charge is 0.291 e. The van der Waals surface area contributed by atoms with E-state index in [2.05, 4.69) is 20.1 Å². The molecular formula is C25H22F3N7O. The van der Waals surface area contributed by atoms with Crippen LogP contribution in [0.3, 0.4) is 0 Å². The molecule has 0 amide bonds. The summed E-state index contributed by atoms with van der Waals surface area (Å²) in [5.41, 5.74) is 3.29. The highest BCUT2D eigenvalue weighted by Crippen LogP contribution is 2.44. The van der Waals surface area contributed by atoms with Crippen molar-refractivity contribution in [2.24, 2.45) is 7.05 Å². The second kappa shape index (κ2) is 8.66. The van der Waals surface area contributed by atoms with Crippen LogP contribution in [0.15, 0.2) is 42.9 Å². The van der Waals surface area contributed by atoms with E-state index in [1.165, 1.54) is 17.2 Å². The minimum Gasteiger partial charge on any atom is -0.291 e. The molecule has 1 saturated heterocycles. The van der Waals surface area contributed by atoms with Crippen molar-refractivity contribution in [1.29, 1.82) is 0 Å². The van der Waals surface area contributed by atoms with Crippen LogP contribution < -0.4 is 0 Å². The van der Waals surface area contributed by atoms with Gasteiger partial charge in [-0.25, -0.2) is 13.2 Å². The van der Waals surface area contributed by atoms with Crippen molar-refractivity contribution >= 4 is 5.78 Å². The van der Waals surface area contributed by atoms with Gasteiger partial charge < -0.3 is 0 Å². The molecule has 2 aliphatic heterocycles. The molecule has 5 heterocycles. The van der Waals surface area contributed by atoms with Crippen LogP contribution in [0.2, 0.25) is 0 Å². The van der Waals surface area contributed by atoms with Gasteiger partial charge in [-0.3, -0.25) is 19.4 Å². The molecule has 11 heteroatoms. The maximum absolute atomic E-state index is 14.0. The van der Waals surface area contributed by atoms with Crippen LogP contribution >= 0.6 is 0 Å². The number of carbonyl (C=O) groups excluding carboxylic acids is 1. The first-order valence-electron chi connectivity index (χ1n) is 11.7. The molecular weight excluding hydrogens is 471 g/mol. The standard InChI is InChI=1S/C25H22F3N7O/c1-33-25(14-10-17(26)22(28)18(27)11-14)16-12-15-4-2-5-19(23(16)32-33)34(15)13-21(36)24-20(6-3-7-29-24)35-30-8-9-31-35/h3,6-11,15,19H,2,4-5,12-13H2,1H3/t15-,19+/m0/s1. The zero-order chi connectivity index (χ0) is 25.0.